The first-order valence-corrected chi connectivity index (χ1v) is 5.91. The first-order chi connectivity index (χ1) is 8.20. The van der Waals surface area contributed by atoms with E-state index in [9.17, 15) is 0 Å². The summed E-state index contributed by atoms with van der Waals surface area (Å²) in [6.07, 6.45) is 1.78. The van der Waals surface area contributed by atoms with Gasteiger partial charge in [-0.3, -0.25) is 10.7 Å². The van der Waals surface area contributed by atoms with Crippen LogP contribution in [0.15, 0.2) is 36.0 Å². The number of rotatable bonds is 6. The molecule has 92 valence electrons. The fourth-order valence-corrected chi connectivity index (χ4v) is 1.55. The molecular weight excluding hydrogens is 210 g/mol. The van der Waals surface area contributed by atoms with Gasteiger partial charge in [-0.1, -0.05) is 31.7 Å². The van der Waals surface area contributed by atoms with Crippen molar-refractivity contribution in [3.63, 3.8) is 0 Å². The lowest BCUT2D eigenvalue weighted by Gasteiger charge is -2.09. The molecule has 0 aliphatic rings. The van der Waals surface area contributed by atoms with Crippen molar-refractivity contribution in [3.05, 3.63) is 47.5 Å². The van der Waals surface area contributed by atoms with Crippen LogP contribution in [0.5, 0.6) is 0 Å². The first-order valence-electron chi connectivity index (χ1n) is 5.91. The molecule has 0 aliphatic heterocycles. The summed E-state index contributed by atoms with van der Waals surface area (Å²) in [5.41, 5.74) is 7.51. The van der Waals surface area contributed by atoms with Gasteiger partial charge in [-0.2, -0.15) is 5.10 Å². The molecule has 17 heavy (non-hydrogen) atoms. The average Bonchev–Trinajstić information content (AvgIpc) is 2.34. The summed E-state index contributed by atoms with van der Waals surface area (Å²) in [6, 6.07) is 6.21. The number of aryl methyl sites for hydroxylation is 1. The molecule has 0 heterocycles. The van der Waals surface area contributed by atoms with Crippen LogP contribution in [0, 0.1) is 13.8 Å². The van der Waals surface area contributed by atoms with E-state index < -0.39 is 0 Å². The molecule has 2 N–H and O–H groups in total. The van der Waals surface area contributed by atoms with Crippen molar-refractivity contribution >= 4 is 5.71 Å². The van der Waals surface area contributed by atoms with Gasteiger partial charge in [0.15, 0.2) is 0 Å². The lowest BCUT2D eigenvalue weighted by molar-refractivity contribution is 0.623. The Balaban J connectivity index is 2.86. The Bertz CT molecular complexity index is 408. The van der Waals surface area contributed by atoms with E-state index in [1.165, 1.54) is 11.1 Å². The Hall–Kier alpha value is -1.61. The second-order valence-corrected chi connectivity index (χ2v) is 3.89. The SMILES string of the molecule is C=C/C(=N\NCNCC)c1cccc(C)c1C. The highest BCUT2D eigenvalue weighted by Crippen LogP contribution is 2.13. The summed E-state index contributed by atoms with van der Waals surface area (Å²) in [6.45, 7) is 11.7. The van der Waals surface area contributed by atoms with Crippen LogP contribution in [0.2, 0.25) is 0 Å². The predicted octanol–water partition coefficient (Wildman–Crippen LogP) is 2.35. The van der Waals surface area contributed by atoms with Crippen molar-refractivity contribution in [2.75, 3.05) is 13.2 Å². The van der Waals surface area contributed by atoms with Crippen LogP contribution in [-0.4, -0.2) is 18.9 Å². The summed E-state index contributed by atoms with van der Waals surface area (Å²) < 4.78 is 0. The van der Waals surface area contributed by atoms with Gasteiger partial charge in [0.2, 0.25) is 0 Å². The van der Waals surface area contributed by atoms with E-state index in [0.717, 1.165) is 17.8 Å². The van der Waals surface area contributed by atoms with Gasteiger partial charge < -0.3 is 0 Å². The van der Waals surface area contributed by atoms with E-state index in [1.807, 2.05) is 6.07 Å². The number of benzene rings is 1. The molecule has 0 amide bonds. The quantitative estimate of drug-likeness (QED) is 0.341. The molecule has 3 heteroatoms. The van der Waals surface area contributed by atoms with E-state index in [2.05, 4.69) is 55.3 Å². The lowest BCUT2D eigenvalue weighted by Crippen LogP contribution is -2.26. The van der Waals surface area contributed by atoms with Crippen LogP contribution >= 0.6 is 0 Å². The smallest absolute Gasteiger partial charge is 0.0898 e. The highest BCUT2D eigenvalue weighted by atomic mass is 15.3. The third-order valence-corrected chi connectivity index (χ3v) is 2.73. The van der Waals surface area contributed by atoms with Gasteiger partial charge in [0.05, 0.1) is 12.4 Å². The third-order valence-electron chi connectivity index (χ3n) is 2.73. The van der Waals surface area contributed by atoms with Gasteiger partial charge >= 0.3 is 0 Å². The summed E-state index contributed by atoms with van der Waals surface area (Å²) >= 11 is 0. The minimum Gasteiger partial charge on any atom is -0.299 e. The number of hydrogen-bond acceptors (Lipinski definition) is 3. The fourth-order valence-electron chi connectivity index (χ4n) is 1.55. The molecule has 0 radical (unpaired) electrons. The molecule has 0 aromatic heterocycles. The molecule has 0 fully saturated rings. The zero-order valence-electron chi connectivity index (χ0n) is 10.9. The first kappa shape index (κ1) is 13.5. The standard InChI is InChI=1S/C14H21N3/c1-5-14(17-16-10-15-6-2)13-9-7-8-11(3)12(13)4/h5,7-9,15-16H,1,6,10H2,2-4H3/b17-14+. The number of hydrogen-bond donors (Lipinski definition) is 2. The molecule has 0 saturated heterocycles. The van der Waals surface area contributed by atoms with Crippen molar-refractivity contribution < 1.29 is 0 Å². The molecular formula is C14H21N3. The van der Waals surface area contributed by atoms with Crippen molar-refractivity contribution in [1.29, 1.82) is 0 Å². The summed E-state index contributed by atoms with van der Waals surface area (Å²) in [4.78, 5) is 0. The Kier molecular flexibility index (Phi) is 5.43. The topological polar surface area (TPSA) is 36.4 Å². The number of hydrazone groups is 1. The van der Waals surface area contributed by atoms with Crippen LogP contribution in [0.4, 0.5) is 0 Å². The van der Waals surface area contributed by atoms with Crippen molar-refractivity contribution in [3.8, 4) is 0 Å². The van der Waals surface area contributed by atoms with Gasteiger partial charge in [-0.15, -0.1) is 0 Å². The van der Waals surface area contributed by atoms with Gasteiger partial charge in [0, 0.05) is 5.56 Å². The molecule has 0 saturated carbocycles. The highest BCUT2D eigenvalue weighted by molar-refractivity contribution is 6.09. The van der Waals surface area contributed by atoms with E-state index in [4.69, 9.17) is 0 Å². The molecule has 3 nitrogen and oxygen atoms in total. The van der Waals surface area contributed by atoms with Gasteiger partial charge in [-0.25, -0.2) is 0 Å². The van der Waals surface area contributed by atoms with Crippen molar-refractivity contribution in [2.45, 2.75) is 20.8 Å². The molecule has 0 spiro atoms. The molecule has 0 unspecified atom stereocenters. The Morgan fingerprint density at radius 3 is 2.82 bits per heavy atom. The zero-order valence-corrected chi connectivity index (χ0v) is 10.9. The van der Waals surface area contributed by atoms with Gasteiger partial charge in [0.25, 0.3) is 0 Å². The zero-order chi connectivity index (χ0) is 12.7. The molecule has 0 atom stereocenters. The fraction of sp³-hybridized carbons (Fsp3) is 0.357. The van der Waals surface area contributed by atoms with Gasteiger partial charge in [-0.05, 0) is 37.6 Å². The number of nitrogens with one attached hydrogen (secondary N) is 2. The normalized spacial score (nSPS) is 11.4. The second kappa shape index (κ2) is 6.86. The molecule has 1 aromatic rings. The maximum absolute atomic E-state index is 4.34. The number of nitrogens with zero attached hydrogens (tertiary/aromatic N) is 1. The van der Waals surface area contributed by atoms with Gasteiger partial charge in [0.1, 0.15) is 0 Å². The Labute approximate surface area is 104 Å². The van der Waals surface area contributed by atoms with Crippen LogP contribution < -0.4 is 10.7 Å². The Morgan fingerprint density at radius 1 is 1.41 bits per heavy atom. The van der Waals surface area contributed by atoms with E-state index in [-0.39, 0.29) is 0 Å². The molecule has 1 aromatic carbocycles. The summed E-state index contributed by atoms with van der Waals surface area (Å²) in [5.74, 6) is 0. The van der Waals surface area contributed by atoms with Crippen LogP contribution in [0.3, 0.4) is 0 Å². The third kappa shape index (κ3) is 3.71. The van der Waals surface area contributed by atoms with E-state index >= 15 is 0 Å². The minimum atomic E-state index is 0.665. The van der Waals surface area contributed by atoms with Crippen LogP contribution in [-0.2, 0) is 0 Å². The maximum Gasteiger partial charge on any atom is 0.0898 e. The predicted molar refractivity (Wildman–Crippen MR) is 74.3 cm³/mol. The number of allylic oxidation sites excluding steroid dienone is 1. The monoisotopic (exact) mass is 231 g/mol. The van der Waals surface area contributed by atoms with Crippen LogP contribution in [0.1, 0.15) is 23.6 Å². The summed E-state index contributed by atoms with van der Waals surface area (Å²) in [5, 5.41) is 7.49. The van der Waals surface area contributed by atoms with Crippen LogP contribution in [0.25, 0.3) is 0 Å². The minimum absolute atomic E-state index is 0.665. The lowest BCUT2D eigenvalue weighted by atomic mass is 10.00. The second-order valence-electron chi connectivity index (χ2n) is 3.89. The molecule has 0 bridgehead atoms. The average molecular weight is 231 g/mol. The largest absolute Gasteiger partial charge is 0.299 e. The van der Waals surface area contributed by atoms with Crippen molar-refractivity contribution in [2.24, 2.45) is 5.10 Å². The Morgan fingerprint density at radius 2 is 2.18 bits per heavy atom. The maximum atomic E-state index is 4.34. The highest BCUT2D eigenvalue weighted by Gasteiger charge is 2.04. The summed E-state index contributed by atoms with van der Waals surface area (Å²) in [7, 11) is 0. The molecule has 1 rings (SSSR count). The van der Waals surface area contributed by atoms with E-state index in [1.54, 1.807) is 6.08 Å². The van der Waals surface area contributed by atoms with E-state index in [0.29, 0.717) is 6.67 Å². The molecule has 0 aliphatic carbocycles. The van der Waals surface area contributed by atoms with Crippen molar-refractivity contribution in [1.82, 2.24) is 10.7 Å².